The van der Waals surface area contributed by atoms with Crippen LogP contribution in [0, 0.1) is 0 Å². The predicted octanol–water partition coefficient (Wildman–Crippen LogP) is 2.23. The summed E-state index contributed by atoms with van der Waals surface area (Å²) in [7, 11) is 0. The number of halogens is 1. The van der Waals surface area contributed by atoms with E-state index >= 15 is 0 Å². The van der Waals surface area contributed by atoms with Crippen LogP contribution in [0.25, 0.3) is 0 Å². The first-order valence-electron chi connectivity index (χ1n) is 4.64. The zero-order chi connectivity index (χ0) is 11.5. The van der Waals surface area contributed by atoms with Crippen molar-refractivity contribution in [2.24, 2.45) is 5.73 Å². The van der Waals surface area contributed by atoms with Gasteiger partial charge in [-0.1, -0.05) is 0 Å². The minimum atomic E-state index is -0.212. The van der Waals surface area contributed by atoms with E-state index in [2.05, 4.69) is 20.9 Å². The van der Waals surface area contributed by atoms with E-state index in [0.29, 0.717) is 23.1 Å². The van der Waals surface area contributed by atoms with E-state index in [4.69, 9.17) is 10.2 Å². The highest BCUT2D eigenvalue weighted by molar-refractivity contribution is 9.10. The van der Waals surface area contributed by atoms with Crippen molar-refractivity contribution in [2.45, 2.75) is 6.42 Å². The Hall–Kier alpha value is -0.980. The molecule has 0 unspecified atom stereocenters. The maximum atomic E-state index is 11.9. The summed E-state index contributed by atoms with van der Waals surface area (Å²) in [6.45, 7) is 0.533. The van der Waals surface area contributed by atoms with Gasteiger partial charge in [0.1, 0.15) is 5.69 Å². The molecule has 0 aliphatic heterocycles. The van der Waals surface area contributed by atoms with Crippen LogP contribution in [0.1, 0.15) is 21.3 Å². The number of rotatable bonds is 4. The van der Waals surface area contributed by atoms with Crippen LogP contribution in [0.5, 0.6) is 0 Å². The van der Waals surface area contributed by atoms with Gasteiger partial charge in [-0.05, 0) is 28.5 Å². The second-order valence-electron chi connectivity index (χ2n) is 3.09. The monoisotopic (exact) mass is 300 g/mol. The molecule has 84 valence electrons. The molecule has 0 bridgehead atoms. The van der Waals surface area contributed by atoms with Crippen LogP contribution >= 0.6 is 27.3 Å². The second-order valence-corrected chi connectivity index (χ2v) is 4.89. The summed E-state index contributed by atoms with van der Waals surface area (Å²) in [5, 5.41) is 2.59. The number of nitrogens with zero attached hydrogens (tertiary/aromatic N) is 1. The average molecular weight is 301 g/mol. The number of hydrogen-bond donors (Lipinski definition) is 1. The van der Waals surface area contributed by atoms with Crippen molar-refractivity contribution in [2.75, 3.05) is 6.54 Å². The lowest BCUT2D eigenvalue weighted by Crippen LogP contribution is -2.04. The van der Waals surface area contributed by atoms with E-state index in [-0.39, 0.29) is 11.5 Å². The van der Waals surface area contributed by atoms with Crippen LogP contribution in [0.3, 0.4) is 0 Å². The van der Waals surface area contributed by atoms with Crippen molar-refractivity contribution >= 4 is 33.0 Å². The minimum absolute atomic E-state index is 0.212. The first kappa shape index (κ1) is 11.5. The molecule has 2 aromatic rings. The molecule has 2 aromatic heterocycles. The number of carbonyl (C=O) groups is 1. The van der Waals surface area contributed by atoms with Gasteiger partial charge in [-0.3, -0.25) is 4.79 Å². The molecule has 2 heterocycles. The second kappa shape index (κ2) is 4.90. The maximum Gasteiger partial charge on any atom is 0.248 e. The Balaban J connectivity index is 2.24. The molecule has 0 aliphatic carbocycles. The number of ketones is 1. The van der Waals surface area contributed by atoms with Crippen molar-refractivity contribution in [1.82, 2.24) is 4.98 Å². The number of hydrogen-bond acceptors (Lipinski definition) is 5. The summed E-state index contributed by atoms with van der Waals surface area (Å²) < 4.78 is 5.74. The van der Waals surface area contributed by atoms with Crippen LogP contribution < -0.4 is 5.73 Å². The number of aromatic nitrogens is 1. The third kappa shape index (κ3) is 2.23. The molecule has 0 spiro atoms. The SMILES string of the molecule is NCCc1nc(C(=O)c2occc2Br)cs1. The minimum Gasteiger partial charge on any atom is -0.460 e. The highest BCUT2D eigenvalue weighted by Crippen LogP contribution is 2.22. The summed E-state index contributed by atoms with van der Waals surface area (Å²) in [5.74, 6) is 0.0704. The molecule has 0 amide bonds. The molecule has 0 atom stereocenters. The van der Waals surface area contributed by atoms with E-state index in [0.717, 1.165) is 5.01 Å². The molecule has 2 N–H and O–H groups in total. The number of furan rings is 1. The Kier molecular flexibility index (Phi) is 3.52. The van der Waals surface area contributed by atoms with Gasteiger partial charge in [0.05, 0.1) is 15.7 Å². The van der Waals surface area contributed by atoms with Gasteiger partial charge in [0.2, 0.25) is 5.78 Å². The summed E-state index contributed by atoms with van der Waals surface area (Å²) in [5.41, 5.74) is 5.83. The molecule has 16 heavy (non-hydrogen) atoms. The molecular weight excluding hydrogens is 292 g/mol. The lowest BCUT2D eigenvalue weighted by Gasteiger charge is -1.93. The van der Waals surface area contributed by atoms with E-state index in [1.165, 1.54) is 17.6 Å². The smallest absolute Gasteiger partial charge is 0.248 e. The van der Waals surface area contributed by atoms with Crippen molar-refractivity contribution < 1.29 is 9.21 Å². The Labute approximate surface area is 105 Å². The molecule has 0 aromatic carbocycles. The van der Waals surface area contributed by atoms with Gasteiger partial charge in [-0.2, -0.15) is 0 Å². The molecule has 2 rings (SSSR count). The van der Waals surface area contributed by atoms with Crippen LogP contribution in [0.15, 0.2) is 26.6 Å². The lowest BCUT2D eigenvalue weighted by molar-refractivity contribution is 0.100. The first-order valence-corrected chi connectivity index (χ1v) is 6.32. The third-order valence-electron chi connectivity index (χ3n) is 1.97. The molecule has 0 saturated carbocycles. The van der Waals surface area contributed by atoms with Gasteiger partial charge < -0.3 is 10.2 Å². The molecular formula is C10H9BrN2O2S. The topological polar surface area (TPSA) is 69.1 Å². The van der Waals surface area contributed by atoms with Gasteiger partial charge in [0.25, 0.3) is 0 Å². The average Bonchev–Trinajstić information content (AvgIpc) is 2.87. The normalized spacial score (nSPS) is 10.6. The fraction of sp³-hybridized carbons (Fsp3) is 0.200. The van der Waals surface area contributed by atoms with E-state index in [1.807, 2.05) is 0 Å². The van der Waals surface area contributed by atoms with Crippen LogP contribution in [-0.2, 0) is 6.42 Å². The van der Waals surface area contributed by atoms with E-state index in [1.54, 1.807) is 11.4 Å². The maximum absolute atomic E-state index is 11.9. The zero-order valence-electron chi connectivity index (χ0n) is 8.27. The standard InChI is InChI=1S/C10H9BrN2O2S/c11-6-2-4-15-10(6)9(14)7-5-16-8(13-7)1-3-12/h2,4-5H,1,3,12H2. The van der Waals surface area contributed by atoms with Crippen molar-refractivity contribution in [1.29, 1.82) is 0 Å². The molecule has 0 fully saturated rings. The summed E-state index contributed by atoms with van der Waals surface area (Å²) in [4.78, 5) is 16.1. The highest BCUT2D eigenvalue weighted by Gasteiger charge is 2.18. The van der Waals surface area contributed by atoms with Crippen LogP contribution in [0.4, 0.5) is 0 Å². The van der Waals surface area contributed by atoms with Crippen LogP contribution in [0.2, 0.25) is 0 Å². The molecule has 4 nitrogen and oxygen atoms in total. The van der Waals surface area contributed by atoms with Gasteiger partial charge in [-0.25, -0.2) is 4.98 Å². The van der Waals surface area contributed by atoms with Crippen LogP contribution in [-0.4, -0.2) is 17.3 Å². The fourth-order valence-electron chi connectivity index (χ4n) is 1.23. The predicted molar refractivity (Wildman–Crippen MR) is 64.7 cm³/mol. The van der Waals surface area contributed by atoms with Crippen molar-refractivity contribution in [3.8, 4) is 0 Å². The Morgan fingerprint density at radius 3 is 3.06 bits per heavy atom. The fourth-order valence-corrected chi connectivity index (χ4v) is 2.40. The number of nitrogens with two attached hydrogens (primary N) is 1. The van der Waals surface area contributed by atoms with Crippen molar-refractivity contribution in [3.63, 3.8) is 0 Å². The third-order valence-corrected chi connectivity index (χ3v) is 3.50. The first-order chi connectivity index (χ1) is 7.72. The summed E-state index contributed by atoms with van der Waals surface area (Å²) in [6.07, 6.45) is 2.15. The largest absolute Gasteiger partial charge is 0.460 e. The molecule has 0 saturated heterocycles. The quantitative estimate of drug-likeness (QED) is 0.879. The van der Waals surface area contributed by atoms with Crippen molar-refractivity contribution in [3.05, 3.63) is 38.6 Å². The molecule has 0 aliphatic rings. The molecule has 6 heteroatoms. The van der Waals surface area contributed by atoms with Gasteiger partial charge in [-0.15, -0.1) is 11.3 Å². The van der Waals surface area contributed by atoms with Gasteiger partial charge in [0.15, 0.2) is 5.76 Å². The lowest BCUT2D eigenvalue weighted by atomic mass is 10.2. The summed E-state index contributed by atoms with van der Waals surface area (Å²) in [6, 6.07) is 1.68. The van der Waals surface area contributed by atoms with Gasteiger partial charge in [0, 0.05) is 11.8 Å². The Bertz CT molecular complexity index is 506. The number of thiazole rings is 1. The Morgan fingerprint density at radius 2 is 2.44 bits per heavy atom. The van der Waals surface area contributed by atoms with E-state index < -0.39 is 0 Å². The summed E-state index contributed by atoms with van der Waals surface area (Å²) >= 11 is 4.68. The van der Waals surface area contributed by atoms with E-state index in [9.17, 15) is 4.79 Å². The zero-order valence-corrected chi connectivity index (χ0v) is 10.7. The molecule has 0 radical (unpaired) electrons. The van der Waals surface area contributed by atoms with Gasteiger partial charge >= 0.3 is 0 Å². The number of carbonyl (C=O) groups excluding carboxylic acids is 1. The highest BCUT2D eigenvalue weighted by atomic mass is 79.9. The Morgan fingerprint density at radius 1 is 1.62 bits per heavy atom.